The zero-order valence-corrected chi connectivity index (χ0v) is 9.54. The van der Waals surface area contributed by atoms with Crippen molar-refractivity contribution in [2.45, 2.75) is 26.7 Å². The molecule has 78 valence electrons. The average Bonchev–Trinajstić information content (AvgIpc) is 2.43. The van der Waals surface area contributed by atoms with E-state index in [2.05, 4.69) is 45.0 Å². The summed E-state index contributed by atoms with van der Waals surface area (Å²) in [6, 6.07) is 10.6. The largest absolute Gasteiger partial charge is 0.398 e. The van der Waals surface area contributed by atoms with E-state index in [0.29, 0.717) is 5.92 Å². The van der Waals surface area contributed by atoms with Crippen molar-refractivity contribution in [2.24, 2.45) is 0 Å². The maximum atomic E-state index is 6.02. The van der Waals surface area contributed by atoms with E-state index in [9.17, 15) is 0 Å². The molecule has 2 aliphatic rings. The van der Waals surface area contributed by atoms with Gasteiger partial charge < -0.3 is 5.73 Å². The summed E-state index contributed by atoms with van der Waals surface area (Å²) >= 11 is 0. The molecule has 0 radical (unpaired) electrons. The van der Waals surface area contributed by atoms with Crippen LogP contribution in [-0.4, -0.2) is 0 Å². The molecule has 0 aromatic carbocycles. The Morgan fingerprint density at radius 1 is 1.00 bits per heavy atom. The van der Waals surface area contributed by atoms with Crippen LogP contribution in [0, 0.1) is 6.92 Å². The van der Waals surface area contributed by atoms with Crippen LogP contribution in [-0.2, 0) is 0 Å². The number of nitrogens with two attached hydrogens (primary N) is 1. The van der Waals surface area contributed by atoms with Crippen LogP contribution >= 0.6 is 0 Å². The van der Waals surface area contributed by atoms with E-state index in [1.54, 1.807) is 0 Å². The van der Waals surface area contributed by atoms with Gasteiger partial charge in [0, 0.05) is 11.3 Å². The standard InChI is InChI=1S/C14H17N/c1-9(2)11-5-7-14(15)12-6-4-10(3)13(12)8-11/h4-9H,15H2,1-3H3. The summed E-state index contributed by atoms with van der Waals surface area (Å²) in [6.07, 6.45) is 0. The number of rotatable bonds is 1. The molecule has 0 aromatic heterocycles. The average molecular weight is 199 g/mol. The van der Waals surface area contributed by atoms with Gasteiger partial charge in [-0.3, -0.25) is 0 Å². The van der Waals surface area contributed by atoms with Gasteiger partial charge in [-0.25, -0.2) is 0 Å². The number of fused-ring (bicyclic) bond motifs is 1. The highest BCUT2D eigenvalue weighted by atomic mass is 14.6. The summed E-state index contributed by atoms with van der Waals surface area (Å²) in [6.45, 7) is 6.54. The molecule has 1 nitrogen and oxygen atoms in total. The van der Waals surface area contributed by atoms with E-state index in [1.807, 2.05) is 6.07 Å². The lowest BCUT2D eigenvalue weighted by Gasteiger charge is -2.03. The number of aryl methyl sites for hydroxylation is 1. The Balaban J connectivity index is 2.71. The topological polar surface area (TPSA) is 26.0 Å². The van der Waals surface area contributed by atoms with E-state index in [0.717, 1.165) is 5.69 Å². The van der Waals surface area contributed by atoms with Crippen molar-refractivity contribution in [1.29, 1.82) is 0 Å². The molecule has 0 saturated heterocycles. The number of hydrogen-bond acceptors (Lipinski definition) is 1. The Labute approximate surface area is 91.3 Å². The van der Waals surface area contributed by atoms with Gasteiger partial charge in [0.2, 0.25) is 0 Å². The van der Waals surface area contributed by atoms with E-state index in [-0.39, 0.29) is 0 Å². The predicted molar refractivity (Wildman–Crippen MR) is 66.3 cm³/mol. The molecule has 0 aromatic rings. The van der Waals surface area contributed by atoms with Crippen LogP contribution in [0.5, 0.6) is 0 Å². The second-order valence-corrected chi connectivity index (χ2v) is 4.43. The highest BCUT2D eigenvalue weighted by molar-refractivity contribution is 5.81. The van der Waals surface area contributed by atoms with Crippen LogP contribution in [0.25, 0.3) is 11.1 Å². The molecule has 0 heterocycles. The molecule has 0 unspecified atom stereocenters. The molecule has 0 amide bonds. The molecule has 2 N–H and O–H groups in total. The molecule has 0 fully saturated rings. The molecule has 0 aliphatic heterocycles. The van der Waals surface area contributed by atoms with Crippen molar-refractivity contribution < 1.29 is 0 Å². The molecule has 0 saturated carbocycles. The van der Waals surface area contributed by atoms with Gasteiger partial charge in [0.1, 0.15) is 0 Å². The highest BCUT2D eigenvalue weighted by Gasteiger charge is 2.10. The summed E-state index contributed by atoms with van der Waals surface area (Å²) < 4.78 is 0. The van der Waals surface area contributed by atoms with E-state index in [4.69, 9.17) is 5.73 Å². The van der Waals surface area contributed by atoms with Crippen LogP contribution in [0.4, 0.5) is 5.69 Å². The Kier molecular flexibility index (Phi) is 2.39. The first kappa shape index (κ1) is 10.0. The zero-order chi connectivity index (χ0) is 11.0. The van der Waals surface area contributed by atoms with Crippen molar-refractivity contribution in [3.63, 3.8) is 0 Å². The van der Waals surface area contributed by atoms with Gasteiger partial charge in [-0.15, -0.1) is 0 Å². The van der Waals surface area contributed by atoms with Gasteiger partial charge in [0.15, 0.2) is 0 Å². The van der Waals surface area contributed by atoms with Crippen molar-refractivity contribution in [2.75, 3.05) is 5.73 Å². The highest BCUT2D eigenvalue weighted by Crippen LogP contribution is 2.33. The fraction of sp³-hybridized carbons (Fsp3) is 0.286. The second-order valence-electron chi connectivity index (χ2n) is 4.43. The van der Waals surface area contributed by atoms with Crippen LogP contribution in [0.3, 0.4) is 0 Å². The molecule has 0 bridgehead atoms. The van der Waals surface area contributed by atoms with Crippen LogP contribution in [0.1, 0.15) is 30.9 Å². The minimum Gasteiger partial charge on any atom is -0.398 e. The Hall–Kier alpha value is -1.50. The van der Waals surface area contributed by atoms with Crippen LogP contribution in [0.2, 0.25) is 0 Å². The molecular weight excluding hydrogens is 182 g/mol. The summed E-state index contributed by atoms with van der Waals surface area (Å²) in [5.74, 6) is 0.536. The van der Waals surface area contributed by atoms with Crippen molar-refractivity contribution >= 4 is 5.69 Å². The summed E-state index contributed by atoms with van der Waals surface area (Å²) in [5, 5.41) is 0. The van der Waals surface area contributed by atoms with Crippen molar-refractivity contribution in [3.05, 3.63) is 41.5 Å². The first-order valence-electron chi connectivity index (χ1n) is 5.38. The molecule has 0 atom stereocenters. The minimum atomic E-state index is 0.536. The molecule has 2 aliphatic carbocycles. The normalized spacial score (nSPS) is 11.2. The van der Waals surface area contributed by atoms with Gasteiger partial charge >= 0.3 is 0 Å². The fourth-order valence-electron chi connectivity index (χ4n) is 1.89. The SMILES string of the molecule is Cc1ccc2c(N)ccc(C(C)C)cc1-2. The Morgan fingerprint density at radius 2 is 1.73 bits per heavy atom. The first-order valence-corrected chi connectivity index (χ1v) is 5.38. The molecular formula is C14H17N. The maximum Gasteiger partial charge on any atom is 0.0393 e. The second kappa shape index (κ2) is 3.58. The Bertz CT molecular complexity index is 457. The molecule has 2 rings (SSSR count). The summed E-state index contributed by atoms with van der Waals surface area (Å²) in [7, 11) is 0. The molecule has 0 spiro atoms. The maximum absolute atomic E-state index is 6.02. The minimum absolute atomic E-state index is 0.536. The quantitative estimate of drug-likeness (QED) is 0.742. The molecule has 15 heavy (non-hydrogen) atoms. The summed E-state index contributed by atoms with van der Waals surface area (Å²) in [4.78, 5) is 0. The van der Waals surface area contributed by atoms with Gasteiger partial charge in [0.05, 0.1) is 0 Å². The Morgan fingerprint density at radius 3 is 2.40 bits per heavy atom. The lowest BCUT2D eigenvalue weighted by Crippen LogP contribution is -1.84. The van der Waals surface area contributed by atoms with Gasteiger partial charge in [-0.1, -0.05) is 38.1 Å². The van der Waals surface area contributed by atoms with Gasteiger partial charge in [-0.05, 0) is 35.6 Å². The van der Waals surface area contributed by atoms with Crippen molar-refractivity contribution in [1.82, 2.24) is 0 Å². The monoisotopic (exact) mass is 199 g/mol. The lowest BCUT2D eigenvalue weighted by molar-refractivity contribution is 0.869. The third kappa shape index (κ3) is 1.70. The molecule has 1 heteroatoms. The number of nitrogen functional groups attached to an aromatic ring is 1. The summed E-state index contributed by atoms with van der Waals surface area (Å²) in [5.41, 5.74) is 12.0. The van der Waals surface area contributed by atoms with Crippen LogP contribution in [0.15, 0.2) is 30.3 Å². The zero-order valence-electron chi connectivity index (χ0n) is 9.54. The smallest absolute Gasteiger partial charge is 0.0393 e. The lowest BCUT2D eigenvalue weighted by atomic mass is 10.0. The number of anilines is 1. The van der Waals surface area contributed by atoms with Crippen LogP contribution < -0.4 is 5.73 Å². The third-order valence-electron chi connectivity index (χ3n) is 2.96. The van der Waals surface area contributed by atoms with E-state index < -0.39 is 0 Å². The predicted octanol–water partition coefficient (Wildman–Crippen LogP) is 3.81. The fourth-order valence-corrected chi connectivity index (χ4v) is 1.89. The first-order chi connectivity index (χ1) is 7.09. The van der Waals surface area contributed by atoms with Gasteiger partial charge in [0.25, 0.3) is 0 Å². The van der Waals surface area contributed by atoms with Crippen molar-refractivity contribution in [3.8, 4) is 11.1 Å². The third-order valence-corrected chi connectivity index (χ3v) is 2.96. The number of hydrogen-bond donors (Lipinski definition) is 1. The van der Waals surface area contributed by atoms with E-state index in [1.165, 1.54) is 22.3 Å². The van der Waals surface area contributed by atoms with Gasteiger partial charge in [-0.2, -0.15) is 0 Å². The van der Waals surface area contributed by atoms with E-state index >= 15 is 0 Å².